The maximum Gasteiger partial charge on any atom is 0.215 e. The number of nitrogens with zero attached hydrogens (tertiary/aromatic N) is 3. The summed E-state index contributed by atoms with van der Waals surface area (Å²) in [5.41, 5.74) is 6.36. The van der Waals surface area contributed by atoms with E-state index in [0.717, 1.165) is 33.5 Å². The molecule has 0 N–H and O–H groups in total. The standard InChI is InChI=1S/C22H24N3/c1-14(2)17-12-19(24(5)13-16(17)4)21-15(3)9-10-18-22(21)25-11-7-6-8-20(25)23-18/h6-14H,1-5H3/q+1/i4D3,14D. The van der Waals surface area contributed by atoms with Crippen molar-refractivity contribution in [1.82, 2.24) is 9.38 Å². The second-order valence-electron chi connectivity index (χ2n) is 6.76. The lowest BCUT2D eigenvalue weighted by Gasteiger charge is -2.13. The number of rotatable bonds is 2. The Morgan fingerprint density at radius 1 is 1.20 bits per heavy atom. The van der Waals surface area contributed by atoms with E-state index in [0.29, 0.717) is 5.56 Å². The van der Waals surface area contributed by atoms with Crippen molar-refractivity contribution in [3.05, 3.63) is 65.5 Å². The highest BCUT2D eigenvalue weighted by Crippen LogP contribution is 2.32. The maximum atomic E-state index is 8.56. The Morgan fingerprint density at radius 3 is 2.80 bits per heavy atom. The predicted molar refractivity (Wildman–Crippen MR) is 103 cm³/mol. The Hall–Kier alpha value is -2.68. The molecule has 126 valence electrons. The molecule has 0 aliphatic heterocycles. The van der Waals surface area contributed by atoms with E-state index in [4.69, 9.17) is 10.5 Å². The number of aromatic nitrogens is 3. The zero-order chi connectivity index (χ0) is 21.1. The van der Waals surface area contributed by atoms with E-state index < -0.39 is 12.7 Å². The lowest BCUT2D eigenvalue weighted by atomic mass is 9.95. The molecule has 0 unspecified atom stereocenters. The van der Waals surface area contributed by atoms with Crippen LogP contribution in [0.15, 0.2) is 48.8 Å². The van der Waals surface area contributed by atoms with Gasteiger partial charge in [-0.25, -0.2) is 9.55 Å². The van der Waals surface area contributed by atoms with E-state index in [1.807, 2.05) is 61.1 Å². The number of pyridine rings is 2. The van der Waals surface area contributed by atoms with E-state index >= 15 is 0 Å². The van der Waals surface area contributed by atoms with Gasteiger partial charge in [0.2, 0.25) is 5.69 Å². The van der Waals surface area contributed by atoms with Crippen LogP contribution in [0.25, 0.3) is 27.9 Å². The van der Waals surface area contributed by atoms with Crippen LogP contribution in [-0.2, 0) is 7.05 Å². The third kappa shape index (κ3) is 2.42. The van der Waals surface area contributed by atoms with E-state index in [1.165, 1.54) is 0 Å². The average Bonchev–Trinajstić information content (AvgIpc) is 2.99. The molecule has 0 amide bonds. The Balaban J connectivity index is 2.13. The van der Waals surface area contributed by atoms with Gasteiger partial charge in [-0.05, 0) is 49.0 Å². The summed E-state index contributed by atoms with van der Waals surface area (Å²) in [6, 6.07) is 11.8. The van der Waals surface area contributed by atoms with Gasteiger partial charge in [-0.3, -0.25) is 4.40 Å². The third-order valence-corrected chi connectivity index (χ3v) is 4.75. The summed E-state index contributed by atoms with van der Waals surface area (Å²) in [4.78, 5) is 4.73. The maximum absolute atomic E-state index is 8.56. The van der Waals surface area contributed by atoms with Crippen molar-refractivity contribution < 1.29 is 10.1 Å². The van der Waals surface area contributed by atoms with Gasteiger partial charge in [0.05, 0.1) is 16.6 Å². The molecule has 0 saturated heterocycles. The predicted octanol–water partition coefficient (Wildman–Crippen LogP) is 4.72. The molecule has 4 rings (SSSR count). The number of hydrogen-bond donors (Lipinski definition) is 0. The lowest BCUT2D eigenvalue weighted by molar-refractivity contribution is -0.660. The summed E-state index contributed by atoms with van der Waals surface area (Å²) >= 11 is 0. The summed E-state index contributed by atoms with van der Waals surface area (Å²) in [7, 11) is 1.85. The molecule has 0 fully saturated rings. The summed E-state index contributed by atoms with van der Waals surface area (Å²) in [6.07, 6.45) is 3.63. The van der Waals surface area contributed by atoms with E-state index in [1.54, 1.807) is 20.0 Å². The smallest absolute Gasteiger partial charge is 0.215 e. The number of hydrogen-bond acceptors (Lipinski definition) is 1. The van der Waals surface area contributed by atoms with Crippen LogP contribution in [0, 0.1) is 13.8 Å². The van der Waals surface area contributed by atoms with E-state index in [2.05, 4.69) is 4.40 Å². The highest BCUT2D eigenvalue weighted by molar-refractivity contribution is 5.95. The summed E-state index contributed by atoms with van der Waals surface area (Å²) in [5, 5.41) is 0. The zero-order valence-corrected chi connectivity index (χ0v) is 15.0. The minimum Gasteiger partial charge on any atom is -0.299 e. The second-order valence-corrected chi connectivity index (χ2v) is 6.76. The highest BCUT2D eigenvalue weighted by atomic mass is 15.0. The number of benzene rings is 1. The number of imidazole rings is 1. The Labute approximate surface area is 154 Å². The van der Waals surface area contributed by atoms with Crippen LogP contribution >= 0.6 is 0 Å². The molecule has 0 aliphatic carbocycles. The van der Waals surface area contributed by atoms with Crippen molar-refractivity contribution in [3.8, 4) is 11.3 Å². The Morgan fingerprint density at radius 2 is 2.04 bits per heavy atom. The first-order valence-corrected chi connectivity index (χ1v) is 8.40. The molecule has 3 aromatic heterocycles. The van der Waals surface area contributed by atoms with Crippen molar-refractivity contribution in [1.29, 1.82) is 0 Å². The van der Waals surface area contributed by atoms with Crippen LogP contribution in [0.2, 0.25) is 0 Å². The molecule has 0 spiro atoms. The topological polar surface area (TPSA) is 21.2 Å². The Kier molecular flexibility index (Phi) is 2.69. The molecular formula is C22H24N3+. The van der Waals surface area contributed by atoms with Crippen LogP contribution in [0.4, 0.5) is 0 Å². The molecule has 0 radical (unpaired) electrons. The lowest BCUT2D eigenvalue weighted by Crippen LogP contribution is -2.32. The molecule has 0 aliphatic rings. The molecule has 3 heterocycles. The average molecular weight is 334 g/mol. The van der Waals surface area contributed by atoms with Gasteiger partial charge in [0.15, 0.2) is 6.20 Å². The van der Waals surface area contributed by atoms with Crippen molar-refractivity contribution >= 4 is 16.7 Å². The summed E-state index contributed by atoms with van der Waals surface area (Å²) < 4.78 is 36.3. The largest absolute Gasteiger partial charge is 0.299 e. The molecule has 25 heavy (non-hydrogen) atoms. The molecule has 0 saturated carbocycles. The van der Waals surface area contributed by atoms with Crippen LogP contribution in [-0.4, -0.2) is 9.38 Å². The Bertz CT molecular complexity index is 1250. The highest BCUT2D eigenvalue weighted by Gasteiger charge is 2.22. The molecule has 3 heteroatoms. The van der Waals surface area contributed by atoms with Gasteiger partial charge in [0, 0.05) is 23.3 Å². The van der Waals surface area contributed by atoms with Crippen molar-refractivity contribution in [3.63, 3.8) is 0 Å². The van der Waals surface area contributed by atoms with Crippen molar-refractivity contribution in [2.24, 2.45) is 7.05 Å². The van der Waals surface area contributed by atoms with Crippen LogP contribution in [0.1, 0.15) is 41.9 Å². The quantitative estimate of drug-likeness (QED) is 0.486. The number of fused-ring (bicyclic) bond motifs is 3. The third-order valence-electron chi connectivity index (χ3n) is 4.75. The van der Waals surface area contributed by atoms with E-state index in [9.17, 15) is 0 Å². The van der Waals surface area contributed by atoms with Crippen LogP contribution in [0.3, 0.4) is 0 Å². The molecule has 1 aromatic carbocycles. The van der Waals surface area contributed by atoms with Gasteiger partial charge in [-0.2, -0.15) is 0 Å². The summed E-state index contributed by atoms with van der Waals surface area (Å²) in [5.74, 6) is -1.05. The van der Waals surface area contributed by atoms with Gasteiger partial charge < -0.3 is 0 Å². The molecule has 0 atom stereocenters. The molecule has 4 aromatic rings. The fourth-order valence-corrected chi connectivity index (χ4v) is 3.49. The first-order valence-electron chi connectivity index (χ1n) is 10.4. The first kappa shape index (κ1) is 11.8. The molecule has 3 nitrogen and oxygen atoms in total. The normalized spacial score (nSPS) is 15.0. The van der Waals surface area contributed by atoms with Gasteiger partial charge in [-0.15, -0.1) is 0 Å². The monoisotopic (exact) mass is 334 g/mol. The second kappa shape index (κ2) is 5.69. The van der Waals surface area contributed by atoms with Gasteiger partial charge in [0.1, 0.15) is 12.7 Å². The fraction of sp³-hybridized carbons (Fsp3) is 0.273. The van der Waals surface area contributed by atoms with Gasteiger partial charge >= 0.3 is 0 Å². The molecular weight excluding hydrogens is 306 g/mol. The first-order chi connectivity index (χ1) is 13.5. The zero-order valence-electron chi connectivity index (χ0n) is 19.0. The summed E-state index contributed by atoms with van der Waals surface area (Å²) in [6.45, 7) is 3.21. The van der Waals surface area contributed by atoms with E-state index in [-0.39, 0.29) is 5.56 Å². The van der Waals surface area contributed by atoms with Gasteiger partial charge in [-0.1, -0.05) is 26.0 Å². The van der Waals surface area contributed by atoms with Crippen molar-refractivity contribution in [2.75, 3.05) is 0 Å². The minimum absolute atomic E-state index is 0.215. The van der Waals surface area contributed by atoms with Crippen molar-refractivity contribution in [2.45, 2.75) is 33.5 Å². The number of aryl methyl sites for hydroxylation is 3. The SMILES string of the molecule is [2H]C([2H])([2H])c1c[n+](C)c(-c2c(C)ccc3nc4ccccn4c23)cc1C([2H])(C)C. The van der Waals surface area contributed by atoms with Crippen LogP contribution in [0.5, 0.6) is 0 Å². The fourth-order valence-electron chi connectivity index (χ4n) is 3.49. The van der Waals surface area contributed by atoms with Gasteiger partial charge in [0.25, 0.3) is 0 Å². The molecule has 0 bridgehead atoms. The van der Waals surface area contributed by atoms with Crippen LogP contribution < -0.4 is 4.57 Å². The minimum atomic E-state index is -2.28.